The van der Waals surface area contributed by atoms with Gasteiger partial charge in [0.25, 0.3) is 0 Å². The van der Waals surface area contributed by atoms with E-state index < -0.39 is 47.9 Å². The first-order valence-electron chi connectivity index (χ1n) is 8.35. The monoisotopic (exact) mass is 375 g/mol. The molecule has 0 saturated carbocycles. The molecule has 0 fully saturated rings. The van der Waals surface area contributed by atoms with Crippen molar-refractivity contribution in [3.8, 4) is 0 Å². The van der Waals surface area contributed by atoms with E-state index in [-0.39, 0.29) is 19.3 Å². The van der Waals surface area contributed by atoms with Crippen LogP contribution in [0.5, 0.6) is 0 Å². The third kappa shape index (κ3) is 9.30. The topological polar surface area (TPSA) is 211 Å². The molecule has 0 aromatic heterocycles. The summed E-state index contributed by atoms with van der Waals surface area (Å²) in [5, 5.41) is 23.2. The van der Waals surface area contributed by atoms with E-state index in [2.05, 4.69) is 10.6 Å². The zero-order chi connectivity index (χ0) is 20.3. The molecule has 0 saturated heterocycles. The average molecular weight is 375 g/mol. The number of amides is 3. The number of carboxylic acid groups (broad SMARTS) is 1. The first-order chi connectivity index (χ1) is 12.1. The highest BCUT2D eigenvalue weighted by Gasteiger charge is 2.28. The number of nitrogens with two attached hydrogens (primary N) is 3. The Hall–Kier alpha value is -2.24. The molecule has 0 bridgehead atoms. The van der Waals surface area contributed by atoms with E-state index in [9.17, 15) is 24.3 Å². The number of aliphatic carboxylic acids is 1. The number of hydrogen-bond donors (Lipinski definition) is 7. The molecule has 0 aromatic carbocycles. The molecule has 0 heterocycles. The van der Waals surface area contributed by atoms with Gasteiger partial charge in [0.05, 0.1) is 6.10 Å². The van der Waals surface area contributed by atoms with Gasteiger partial charge in [-0.25, -0.2) is 4.79 Å². The van der Waals surface area contributed by atoms with E-state index in [0.717, 1.165) is 0 Å². The summed E-state index contributed by atoms with van der Waals surface area (Å²) in [4.78, 5) is 46.4. The Morgan fingerprint density at radius 3 is 2.04 bits per heavy atom. The Bertz CT molecular complexity index is 499. The minimum atomic E-state index is -1.33. The molecular weight excluding hydrogens is 346 g/mol. The summed E-state index contributed by atoms with van der Waals surface area (Å²) in [5.41, 5.74) is 15.9. The molecule has 0 aromatic rings. The van der Waals surface area contributed by atoms with E-state index >= 15 is 0 Å². The number of unbranched alkanes of at least 4 members (excludes halogenated alkanes) is 1. The van der Waals surface area contributed by atoms with Crippen LogP contribution < -0.4 is 27.8 Å². The second-order valence-corrected chi connectivity index (χ2v) is 6.02. The second-order valence-electron chi connectivity index (χ2n) is 6.02. The SMILES string of the molecule is CC(O)C(N)C(=O)NC(CCCCN)C(=O)NC(CCC(N)=O)C(=O)O. The van der Waals surface area contributed by atoms with Crippen LogP contribution in [0.2, 0.25) is 0 Å². The second kappa shape index (κ2) is 12.2. The fourth-order valence-electron chi connectivity index (χ4n) is 2.06. The molecule has 26 heavy (non-hydrogen) atoms. The van der Waals surface area contributed by atoms with Gasteiger partial charge in [0.1, 0.15) is 18.1 Å². The molecule has 11 heteroatoms. The maximum atomic E-state index is 12.4. The van der Waals surface area contributed by atoms with Crippen LogP contribution in [0.25, 0.3) is 0 Å². The third-order valence-corrected chi connectivity index (χ3v) is 3.70. The summed E-state index contributed by atoms with van der Waals surface area (Å²) in [6.45, 7) is 1.73. The van der Waals surface area contributed by atoms with Crippen LogP contribution in [0.3, 0.4) is 0 Å². The molecule has 0 aliphatic heterocycles. The summed E-state index contributed by atoms with van der Waals surface area (Å²) < 4.78 is 0. The number of carboxylic acids is 1. The zero-order valence-corrected chi connectivity index (χ0v) is 14.8. The van der Waals surface area contributed by atoms with Crippen LogP contribution in [-0.4, -0.2) is 64.7 Å². The van der Waals surface area contributed by atoms with Crippen molar-refractivity contribution in [2.45, 2.75) is 63.3 Å². The van der Waals surface area contributed by atoms with Gasteiger partial charge >= 0.3 is 5.97 Å². The predicted octanol–water partition coefficient (Wildman–Crippen LogP) is -2.86. The van der Waals surface area contributed by atoms with Crippen molar-refractivity contribution in [2.24, 2.45) is 17.2 Å². The van der Waals surface area contributed by atoms with Crippen molar-refractivity contribution in [1.82, 2.24) is 10.6 Å². The van der Waals surface area contributed by atoms with Gasteiger partial charge in [0.15, 0.2) is 0 Å². The lowest BCUT2D eigenvalue weighted by atomic mass is 10.1. The number of carbonyl (C=O) groups is 4. The van der Waals surface area contributed by atoms with Gasteiger partial charge in [-0.1, -0.05) is 0 Å². The Morgan fingerprint density at radius 1 is 1.00 bits per heavy atom. The number of hydrogen-bond acceptors (Lipinski definition) is 7. The quantitative estimate of drug-likeness (QED) is 0.166. The summed E-state index contributed by atoms with van der Waals surface area (Å²) in [5.74, 6) is -3.49. The van der Waals surface area contributed by atoms with Crippen molar-refractivity contribution in [2.75, 3.05) is 6.54 Å². The highest BCUT2D eigenvalue weighted by atomic mass is 16.4. The Balaban J connectivity index is 5.02. The molecule has 0 spiro atoms. The van der Waals surface area contributed by atoms with Crippen LogP contribution in [0.4, 0.5) is 0 Å². The van der Waals surface area contributed by atoms with Gasteiger partial charge in [-0.15, -0.1) is 0 Å². The van der Waals surface area contributed by atoms with Crippen LogP contribution in [0, 0.1) is 0 Å². The number of aliphatic hydroxyl groups is 1. The maximum Gasteiger partial charge on any atom is 0.326 e. The summed E-state index contributed by atoms with van der Waals surface area (Å²) >= 11 is 0. The van der Waals surface area contributed by atoms with Crippen LogP contribution in [0.15, 0.2) is 0 Å². The van der Waals surface area contributed by atoms with E-state index in [1.54, 1.807) is 0 Å². The average Bonchev–Trinajstić information content (AvgIpc) is 2.56. The predicted molar refractivity (Wildman–Crippen MR) is 92.5 cm³/mol. The molecule has 0 aliphatic rings. The molecule has 4 atom stereocenters. The normalized spacial score (nSPS) is 15.4. The molecule has 0 rings (SSSR count). The largest absolute Gasteiger partial charge is 0.480 e. The molecule has 0 aliphatic carbocycles. The highest BCUT2D eigenvalue weighted by molar-refractivity contribution is 5.92. The number of rotatable bonds is 13. The standard InChI is InChI=1S/C15H29N5O6/c1-8(21)12(18)14(24)19-9(4-2-3-7-16)13(23)20-10(15(25)26)5-6-11(17)22/h8-10,12,21H,2-7,16,18H2,1H3,(H2,17,22)(H,19,24)(H,20,23)(H,25,26). The van der Waals surface area contributed by atoms with Crippen molar-refractivity contribution in [1.29, 1.82) is 0 Å². The van der Waals surface area contributed by atoms with Gasteiger partial charge < -0.3 is 38.0 Å². The summed E-state index contributed by atoms with van der Waals surface area (Å²) in [6, 6.07) is -3.60. The smallest absolute Gasteiger partial charge is 0.326 e. The molecular formula is C15H29N5O6. The van der Waals surface area contributed by atoms with Gasteiger partial charge in [0.2, 0.25) is 17.7 Å². The lowest BCUT2D eigenvalue weighted by molar-refractivity contribution is -0.142. The molecule has 3 amide bonds. The van der Waals surface area contributed by atoms with Crippen molar-refractivity contribution >= 4 is 23.7 Å². The number of aliphatic hydroxyl groups excluding tert-OH is 1. The molecule has 11 nitrogen and oxygen atoms in total. The molecule has 150 valence electrons. The lowest BCUT2D eigenvalue weighted by Gasteiger charge is -2.23. The van der Waals surface area contributed by atoms with Crippen LogP contribution >= 0.6 is 0 Å². The fourth-order valence-corrected chi connectivity index (χ4v) is 2.06. The van der Waals surface area contributed by atoms with E-state index in [0.29, 0.717) is 19.4 Å². The lowest BCUT2D eigenvalue weighted by Crippen LogP contribution is -2.56. The number of carbonyl (C=O) groups excluding carboxylic acids is 3. The number of nitrogens with one attached hydrogen (secondary N) is 2. The zero-order valence-electron chi connectivity index (χ0n) is 14.8. The minimum Gasteiger partial charge on any atom is -0.480 e. The first-order valence-corrected chi connectivity index (χ1v) is 8.35. The summed E-state index contributed by atoms with van der Waals surface area (Å²) in [7, 11) is 0. The Morgan fingerprint density at radius 2 is 1.58 bits per heavy atom. The van der Waals surface area contributed by atoms with Gasteiger partial charge in [-0.2, -0.15) is 0 Å². The van der Waals surface area contributed by atoms with E-state index in [1.165, 1.54) is 6.92 Å². The highest BCUT2D eigenvalue weighted by Crippen LogP contribution is 2.05. The van der Waals surface area contributed by atoms with Crippen molar-refractivity contribution in [3.05, 3.63) is 0 Å². The van der Waals surface area contributed by atoms with E-state index in [1.807, 2.05) is 0 Å². The molecule has 4 unspecified atom stereocenters. The van der Waals surface area contributed by atoms with Crippen molar-refractivity contribution in [3.63, 3.8) is 0 Å². The van der Waals surface area contributed by atoms with Crippen LogP contribution in [0.1, 0.15) is 39.0 Å². The Labute approximate surface area is 151 Å². The van der Waals surface area contributed by atoms with Crippen LogP contribution in [-0.2, 0) is 19.2 Å². The minimum absolute atomic E-state index is 0.174. The maximum absolute atomic E-state index is 12.4. The number of primary amides is 1. The Kier molecular flexibility index (Phi) is 11.1. The third-order valence-electron chi connectivity index (χ3n) is 3.70. The fraction of sp³-hybridized carbons (Fsp3) is 0.733. The van der Waals surface area contributed by atoms with Gasteiger partial charge in [0, 0.05) is 6.42 Å². The van der Waals surface area contributed by atoms with Crippen molar-refractivity contribution < 1.29 is 29.4 Å². The van der Waals surface area contributed by atoms with Gasteiger partial charge in [-0.05, 0) is 39.2 Å². The van der Waals surface area contributed by atoms with E-state index in [4.69, 9.17) is 22.3 Å². The summed E-state index contributed by atoms with van der Waals surface area (Å²) in [6.07, 6.45) is -0.181. The first kappa shape index (κ1) is 23.8. The molecule has 0 radical (unpaired) electrons. The van der Waals surface area contributed by atoms with Gasteiger partial charge in [-0.3, -0.25) is 14.4 Å². The molecule has 10 N–H and O–H groups in total.